The second-order valence-electron chi connectivity index (χ2n) is 4.02. The number of benzene rings is 1. The quantitative estimate of drug-likeness (QED) is 0.778. The summed E-state index contributed by atoms with van der Waals surface area (Å²) in [6.07, 6.45) is 1.55. The second kappa shape index (κ2) is 5.01. The topological polar surface area (TPSA) is 77.8 Å². The van der Waals surface area contributed by atoms with Crippen LogP contribution in [0.2, 0.25) is 0 Å². The van der Waals surface area contributed by atoms with E-state index in [1.54, 1.807) is 24.4 Å². The fraction of sp³-hybridized carbons (Fsp3) is 0. The summed E-state index contributed by atoms with van der Waals surface area (Å²) in [5.41, 5.74) is 6.77. The standard InChI is InChI=1S/C13H8BrFN4O/c14-10-2-1-8(15)6-9(10)12-18-13(20-19-12)7-3-4-17-11(16)5-7/h1-6H,(H2,16,17). The molecule has 2 N–H and O–H groups in total. The van der Waals surface area contributed by atoms with Gasteiger partial charge in [-0.25, -0.2) is 9.37 Å². The van der Waals surface area contributed by atoms with Gasteiger partial charge < -0.3 is 10.3 Å². The highest BCUT2D eigenvalue weighted by Crippen LogP contribution is 2.28. The zero-order valence-electron chi connectivity index (χ0n) is 10.0. The third kappa shape index (κ3) is 2.39. The Morgan fingerprint density at radius 3 is 2.85 bits per heavy atom. The van der Waals surface area contributed by atoms with Crippen molar-refractivity contribution < 1.29 is 8.91 Å². The van der Waals surface area contributed by atoms with Crippen molar-refractivity contribution in [3.63, 3.8) is 0 Å². The molecule has 0 aliphatic rings. The van der Waals surface area contributed by atoms with Crippen LogP contribution in [0.5, 0.6) is 0 Å². The van der Waals surface area contributed by atoms with Crippen LogP contribution in [-0.2, 0) is 0 Å². The Hall–Kier alpha value is -2.28. The Labute approximate surface area is 121 Å². The Morgan fingerprint density at radius 2 is 2.05 bits per heavy atom. The van der Waals surface area contributed by atoms with Crippen molar-refractivity contribution in [2.24, 2.45) is 0 Å². The van der Waals surface area contributed by atoms with E-state index in [9.17, 15) is 4.39 Å². The van der Waals surface area contributed by atoms with Gasteiger partial charge in [-0.05, 0) is 30.3 Å². The molecule has 0 unspecified atom stereocenters. The molecule has 1 aromatic carbocycles. The molecule has 5 nitrogen and oxygen atoms in total. The van der Waals surface area contributed by atoms with E-state index in [-0.39, 0.29) is 5.82 Å². The maximum atomic E-state index is 13.3. The highest BCUT2D eigenvalue weighted by molar-refractivity contribution is 9.10. The molecule has 0 spiro atoms. The number of halogens is 2. The van der Waals surface area contributed by atoms with Crippen molar-refractivity contribution in [3.05, 3.63) is 46.8 Å². The fourth-order valence-corrected chi connectivity index (χ4v) is 2.12. The van der Waals surface area contributed by atoms with Gasteiger partial charge in [-0.3, -0.25) is 0 Å². The van der Waals surface area contributed by atoms with Crippen LogP contribution in [0.4, 0.5) is 10.2 Å². The average Bonchev–Trinajstić information content (AvgIpc) is 2.91. The number of anilines is 1. The molecule has 0 radical (unpaired) electrons. The summed E-state index contributed by atoms with van der Waals surface area (Å²) in [7, 11) is 0. The first-order valence-corrected chi connectivity index (χ1v) is 6.44. The number of hydrogen-bond donors (Lipinski definition) is 1. The molecule has 2 aromatic heterocycles. The van der Waals surface area contributed by atoms with Gasteiger partial charge in [0.1, 0.15) is 11.6 Å². The predicted octanol–water partition coefficient (Wildman–Crippen LogP) is 3.28. The van der Waals surface area contributed by atoms with Gasteiger partial charge in [0, 0.05) is 21.8 Å². The summed E-state index contributed by atoms with van der Waals surface area (Å²) in [4.78, 5) is 8.12. The summed E-state index contributed by atoms with van der Waals surface area (Å²) in [6.45, 7) is 0. The van der Waals surface area contributed by atoms with Gasteiger partial charge in [0.05, 0.1) is 0 Å². The first kappa shape index (κ1) is 12.7. The van der Waals surface area contributed by atoms with Gasteiger partial charge in [0.15, 0.2) is 0 Å². The monoisotopic (exact) mass is 334 g/mol. The van der Waals surface area contributed by atoms with E-state index in [0.717, 1.165) is 0 Å². The van der Waals surface area contributed by atoms with Crippen molar-refractivity contribution in [1.29, 1.82) is 0 Å². The van der Waals surface area contributed by atoms with Gasteiger partial charge in [0.25, 0.3) is 5.89 Å². The molecule has 0 aliphatic heterocycles. The minimum Gasteiger partial charge on any atom is -0.384 e. The van der Waals surface area contributed by atoms with Gasteiger partial charge in [-0.15, -0.1) is 0 Å². The number of aromatic nitrogens is 3. The number of nitrogen functional groups attached to an aromatic ring is 1. The molecule has 3 rings (SSSR count). The maximum absolute atomic E-state index is 13.3. The van der Waals surface area contributed by atoms with E-state index in [0.29, 0.717) is 33.1 Å². The lowest BCUT2D eigenvalue weighted by Crippen LogP contribution is -1.89. The van der Waals surface area contributed by atoms with Crippen molar-refractivity contribution in [2.45, 2.75) is 0 Å². The fourth-order valence-electron chi connectivity index (χ4n) is 1.70. The SMILES string of the molecule is Nc1cc(-c2nc(-c3cc(F)ccc3Br)no2)ccn1. The van der Waals surface area contributed by atoms with E-state index in [2.05, 4.69) is 31.1 Å². The molecule has 3 aromatic rings. The number of nitrogens with two attached hydrogens (primary N) is 1. The Bertz CT molecular complexity index is 775. The van der Waals surface area contributed by atoms with E-state index >= 15 is 0 Å². The smallest absolute Gasteiger partial charge is 0.258 e. The third-order valence-corrected chi connectivity index (χ3v) is 3.31. The van der Waals surface area contributed by atoms with Crippen LogP contribution in [-0.4, -0.2) is 15.1 Å². The van der Waals surface area contributed by atoms with Crippen LogP contribution >= 0.6 is 15.9 Å². The summed E-state index contributed by atoms with van der Waals surface area (Å²) < 4.78 is 19.1. The third-order valence-electron chi connectivity index (χ3n) is 2.62. The highest BCUT2D eigenvalue weighted by Gasteiger charge is 2.14. The van der Waals surface area contributed by atoms with E-state index in [1.165, 1.54) is 12.1 Å². The molecule has 100 valence electrons. The van der Waals surface area contributed by atoms with Crippen molar-refractivity contribution >= 4 is 21.7 Å². The average molecular weight is 335 g/mol. The normalized spacial score (nSPS) is 10.7. The molecule has 0 atom stereocenters. The number of nitrogens with zero attached hydrogens (tertiary/aromatic N) is 3. The molecule has 2 heterocycles. The van der Waals surface area contributed by atoms with E-state index in [1.807, 2.05) is 0 Å². The molecular formula is C13H8BrFN4O. The molecular weight excluding hydrogens is 327 g/mol. The highest BCUT2D eigenvalue weighted by atomic mass is 79.9. The molecule has 0 bridgehead atoms. The summed E-state index contributed by atoms with van der Waals surface area (Å²) in [5, 5.41) is 3.85. The maximum Gasteiger partial charge on any atom is 0.258 e. The Morgan fingerprint density at radius 1 is 1.20 bits per heavy atom. The van der Waals surface area contributed by atoms with Gasteiger partial charge >= 0.3 is 0 Å². The molecule has 0 saturated heterocycles. The summed E-state index contributed by atoms with van der Waals surface area (Å²) >= 11 is 3.33. The number of pyridine rings is 1. The van der Waals surface area contributed by atoms with Crippen LogP contribution in [0.3, 0.4) is 0 Å². The zero-order chi connectivity index (χ0) is 14.1. The second-order valence-corrected chi connectivity index (χ2v) is 4.87. The van der Waals surface area contributed by atoms with Gasteiger partial charge in [0.2, 0.25) is 5.82 Å². The lowest BCUT2D eigenvalue weighted by atomic mass is 10.2. The van der Waals surface area contributed by atoms with Crippen LogP contribution < -0.4 is 5.73 Å². The zero-order valence-corrected chi connectivity index (χ0v) is 11.6. The van der Waals surface area contributed by atoms with Crippen LogP contribution in [0.25, 0.3) is 22.8 Å². The van der Waals surface area contributed by atoms with Crippen LogP contribution in [0.1, 0.15) is 0 Å². The molecule has 0 fully saturated rings. The van der Waals surface area contributed by atoms with E-state index in [4.69, 9.17) is 10.3 Å². The van der Waals surface area contributed by atoms with Crippen molar-refractivity contribution in [3.8, 4) is 22.8 Å². The Balaban J connectivity index is 2.04. The minimum atomic E-state index is -0.372. The first-order valence-electron chi connectivity index (χ1n) is 5.64. The molecule has 20 heavy (non-hydrogen) atoms. The largest absolute Gasteiger partial charge is 0.384 e. The van der Waals surface area contributed by atoms with Crippen molar-refractivity contribution in [2.75, 3.05) is 5.73 Å². The summed E-state index contributed by atoms with van der Waals surface area (Å²) in [5.74, 6) is 0.573. The van der Waals surface area contributed by atoms with Crippen LogP contribution in [0.15, 0.2) is 45.5 Å². The number of hydrogen-bond acceptors (Lipinski definition) is 5. The van der Waals surface area contributed by atoms with E-state index < -0.39 is 0 Å². The lowest BCUT2D eigenvalue weighted by Gasteiger charge is -1.98. The van der Waals surface area contributed by atoms with Gasteiger partial charge in [-0.2, -0.15) is 4.98 Å². The first-order chi connectivity index (χ1) is 9.63. The van der Waals surface area contributed by atoms with Crippen molar-refractivity contribution in [1.82, 2.24) is 15.1 Å². The Kier molecular flexibility index (Phi) is 3.19. The predicted molar refractivity (Wildman–Crippen MR) is 75.0 cm³/mol. The summed E-state index contributed by atoms with van der Waals surface area (Å²) in [6, 6.07) is 7.59. The molecule has 0 amide bonds. The lowest BCUT2D eigenvalue weighted by molar-refractivity contribution is 0.432. The minimum absolute atomic E-state index is 0.293. The van der Waals surface area contributed by atoms with Gasteiger partial charge in [-0.1, -0.05) is 21.1 Å². The molecule has 7 heteroatoms. The van der Waals surface area contributed by atoms with Crippen LogP contribution in [0, 0.1) is 5.82 Å². The number of rotatable bonds is 2. The molecule has 0 saturated carbocycles. The molecule has 0 aliphatic carbocycles.